The van der Waals surface area contributed by atoms with E-state index in [1.165, 1.54) is 0 Å². The molecule has 0 unspecified atom stereocenters. The highest BCUT2D eigenvalue weighted by Gasteiger charge is 2.35. The summed E-state index contributed by atoms with van der Waals surface area (Å²) in [6.07, 6.45) is 3.44. The number of allylic oxidation sites excluding steroid dienone is 1. The van der Waals surface area contributed by atoms with Crippen molar-refractivity contribution in [2.24, 2.45) is 0 Å². The molecule has 2 aromatic carbocycles. The van der Waals surface area contributed by atoms with Gasteiger partial charge < -0.3 is 10.4 Å². The minimum absolute atomic E-state index is 0.626. The highest BCUT2D eigenvalue weighted by Crippen LogP contribution is 2.33. The molecule has 1 atom stereocenters. The summed E-state index contributed by atoms with van der Waals surface area (Å²) in [5.41, 5.74) is 2.08. The summed E-state index contributed by atoms with van der Waals surface area (Å²) >= 11 is 5.91. The van der Waals surface area contributed by atoms with Crippen LogP contribution < -0.4 is 5.32 Å². The number of rotatable bonds is 3. The number of aldehydes is 1. The van der Waals surface area contributed by atoms with Gasteiger partial charge in [0.2, 0.25) is 0 Å². The van der Waals surface area contributed by atoms with Crippen LogP contribution in [0.15, 0.2) is 54.6 Å². The van der Waals surface area contributed by atoms with Crippen LogP contribution in [0.1, 0.15) is 11.1 Å². The van der Waals surface area contributed by atoms with Gasteiger partial charge in [-0.2, -0.15) is 0 Å². The van der Waals surface area contributed by atoms with Crippen LogP contribution in [-0.4, -0.2) is 17.5 Å². The number of carbonyl (C=O) groups is 2. The molecular weight excluding hydrogens is 314 g/mol. The van der Waals surface area contributed by atoms with Crippen molar-refractivity contribution < 1.29 is 14.7 Å². The molecular formula is C18H14ClNO3. The topological polar surface area (TPSA) is 66.4 Å². The van der Waals surface area contributed by atoms with E-state index >= 15 is 0 Å². The fourth-order valence-electron chi connectivity index (χ4n) is 2.84. The minimum Gasteiger partial charge on any atom is -0.465 e. The monoisotopic (exact) mass is 327 g/mol. The molecule has 0 radical (unpaired) electrons. The quantitative estimate of drug-likeness (QED) is 0.666. The molecule has 0 aromatic heterocycles. The SMILES string of the molecule is O=C[C@]1(NC(=O)O)C=CCc2ccc(-c3ccc(Cl)cc3)cc21. The van der Waals surface area contributed by atoms with E-state index in [9.17, 15) is 9.59 Å². The number of carboxylic acid groups (broad SMARTS) is 1. The molecule has 0 saturated heterocycles. The van der Waals surface area contributed by atoms with Gasteiger partial charge >= 0.3 is 6.09 Å². The summed E-state index contributed by atoms with van der Waals surface area (Å²) in [6.45, 7) is 0. The summed E-state index contributed by atoms with van der Waals surface area (Å²) in [6, 6.07) is 13.1. The van der Waals surface area contributed by atoms with Gasteiger partial charge in [0, 0.05) is 5.02 Å². The van der Waals surface area contributed by atoms with Crippen LogP contribution in [0.4, 0.5) is 4.79 Å². The molecule has 116 valence electrons. The van der Waals surface area contributed by atoms with Crippen molar-refractivity contribution in [3.05, 3.63) is 70.8 Å². The van der Waals surface area contributed by atoms with Crippen molar-refractivity contribution >= 4 is 24.0 Å². The van der Waals surface area contributed by atoms with Crippen molar-refractivity contribution in [2.75, 3.05) is 0 Å². The van der Waals surface area contributed by atoms with Crippen LogP contribution >= 0.6 is 11.6 Å². The molecule has 5 heteroatoms. The first-order chi connectivity index (χ1) is 11.0. The number of benzene rings is 2. The zero-order valence-electron chi connectivity index (χ0n) is 12.1. The summed E-state index contributed by atoms with van der Waals surface area (Å²) in [5.74, 6) is 0. The first-order valence-electron chi connectivity index (χ1n) is 7.08. The van der Waals surface area contributed by atoms with Gasteiger partial charge in [-0.1, -0.05) is 48.0 Å². The second-order valence-electron chi connectivity index (χ2n) is 5.40. The third-order valence-corrected chi connectivity index (χ3v) is 4.20. The zero-order valence-corrected chi connectivity index (χ0v) is 12.9. The lowest BCUT2D eigenvalue weighted by Gasteiger charge is -2.30. The van der Waals surface area contributed by atoms with Crippen molar-refractivity contribution in [2.45, 2.75) is 12.0 Å². The van der Waals surface area contributed by atoms with E-state index in [2.05, 4.69) is 5.32 Å². The number of nitrogens with one attached hydrogen (secondary N) is 1. The largest absolute Gasteiger partial charge is 0.465 e. The van der Waals surface area contributed by atoms with Crippen LogP contribution in [-0.2, 0) is 16.8 Å². The number of carbonyl (C=O) groups excluding carboxylic acids is 1. The predicted molar refractivity (Wildman–Crippen MR) is 88.6 cm³/mol. The maximum Gasteiger partial charge on any atom is 0.405 e. The standard InChI is InChI=1S/C18H14ClNO3/c19-15-7-5-12(6-8-15)14-4-3-13-2-1-9-18(11-21,16(13)10-14)20-17(22)23/h1,3-11,20H,2H2,(H,22,23)/t18-/m1/s1. The molecule has 1 amide bonds. The molecule has 1 aliphatic rings. The number of amides is 1. The van der Waals surface area contributed by atoms with Gasteiger partial charge in [-0.15, -0.1) is 0 Å². The van der Waals surface area contributed by atoms with Crippen molar-refractivity contribution in [3.8, 4) is 11.1 Å². The molecule has 0 saturated carbocycles. The number of halogens is 1. The van der Waals surface area contributed by atoms with E-state index in [1.807, 2.05) is 30.3 Å². The van der Waals surface area contributed by atoms with E-state index < -0.39 is 11.6 Å². The van der Waals surface area contributed by atoms with Crippen LogP contribution in [0, 0.1) is 0 Å². The second kappa shape index (κ2) is 5.89. The van der Waals surface area contributed by atoms with Crippen molar-refractivity contribution in [1.29, 1.82) is 0 Å². The maximum absolute atomic E-state index is 11.7. The fourth-order valence-corrected chi connectivity index (χ4v) is 2.97. The average molecular weight is 328 g/mol. The summed E-state index contributed by atoms with van der Waals surface area (Å²) in [7, 11) is 0. The third-order valence-electron chi connectivity index (χ3n) is 3.95. The Morgan fingerprint density at radius 3 is 2.52 bits per heavy atom. The Bertz CT molecular complexity index is 798. The molecule has 23 heavy (non-hydrogen) atoms. The molecule has 0 aliphatic heterocycles. The molecule has 0 fully saturated rings. The third kappa shape index (κ3) is 2.85. The Kier molecular flexibility index (Phi) is 3.92. The van der Waals surface area contributed by atoms with Gasteiger partial charge in [0.25, 0.3) is 0 Å². The van der Waals surface area contributed by atoms with Gasteiger partial charge in [0.05, 0.1) is 0 Å². The molecule has 0 spiro atoms. The van der Waals surface area contributed by atoms with E-state index in [0.717, 1.165) is 16.7 Å². The highest BCUT2D eigenvalue weighted by molar-refractivity contribution is 6.30. The summed E-state index contributed by atoms with van der Waals surface area (Å²) < 4.78 is 0. The van der Waals surface area contributed by atoms with Crippen molar-refractivity contribution in [3.63, 3.8) is 0 Å². The van der Waals surface area contributed by atoms with Gasteiger partial charge in [-0.05, 0) is 46.9 Å². The predicted octanol–water partition coefficient (Wildman–Crippen LogP) is 3.78. The smallest absolute Gasteiger partial charge is 0.405 e. The number of hydrogen-bond donors (Lipinski definition) is 2. The normalized spacial score (nSPS) is 19.0. The summed E-state index contributed by atoms with van der Waals surface area (Å²) in [4.78, 5) is 22.8. The van der Waals surface area contributed by atoms with Crippen molar-refractivity contribution in [1.82, 2.24) is 5.32 Å². The summed E-state index contributed by atoms with van der Waals surface area (Å²) in [5, 5.41) is 12.1. The highest BCUT2D eigenvalue weighted by atomic mass is 35.5. The van der Waals surface area contributed by atoms with E-state index in [1.54, 1.807) is 24.3 Å². The van der Waals surface area contributed by atoms with Crippen LogP contribution in [0.3, 0.4) is 0 Å². The number of hydrogen-bond acceptors (Lipinski definition) is 2. The Balaban J connectivity index is 2.12. The van der Waals surface area contributed by atoms with E-state index in [0.29, 0.717) is 23.3 Å². The molecule has 3 rings (SSSR count). The van der Waals surface area contributed by atoms with Crippen LogP contribution in [0.2, 0.25) is 5.02 Å². The Morgan fingerprint density at radius 1 is 1.17 bits per heavy atom. The van der Waals surface area contributed by atoms with Gasteiger partial charge in [0.1, 0.15) is 5.54 Å². The molecule has 0 bridgehead atoms. The lowest BCUT2D eigenvalue weighted by Crippen LogP contribution is -2.46. The van der Waals surface area contributed by atoms with E-state index in [-0.39, 0.29) is 0 Å². The lowest BCUT2D eigenvalue weighted by atomic mass is 9.80. The van der Waals surface area contributed by atoms with Crippen LogP contribution in [0.5, 0.6) is 0 Å². The average Bonchev–Trinajstić information content (AvgIpc) is 2.55. The molecule has 1 aliphatic carbocycles. The fraction of sp³-hybridized carbons (Fsp3) is 0.111. The minimum atomic E-state index is -1.35. The van der Waals surface area contributed by atoms with E-state index in [4.69, 9.17) is 16.7 Å². The molecule has 2 N–H and O–H groups in total. The molecule has 4 nitrogen and oxygen atoms in total. The Morgan fingerprint density at radius 2 is 1.87 bits per heavy atom. The first kappa shape index (κ1) is 15.3. The second-order valence-corrected chi connectivity index (χ2v) is 5.84. The zero-order chi connectivity index (χ0) is 16.4. The van der Waals surface area contributed by atoms with Gasteiger partial charge in [-0.3, -0.25) is 4.79 Å². The Labute approximate surface area is 138 Å². The number of fused-ring (bicyclic) bond motifs is 1. The first-order valence-corrected chi connectivity index (χ1v) is 7.46. The molecule has 2 aromatic rings. The van der Waals surface area contributed by atoms with Gasteiger partial charge in [0.15, 0.2) is 6.29 Å². The van der Waals surface area contributed by atoms with Gasteiger partial charge in [-0.25, -0.2) is 4.79 Å². The lowest BCUT2D eigenvalue weighted by molar-refractivity contribution is -0.112. The van der Waals surface area contributed by atoms with Crippen LogP contribution in [0.25, 0.3) is 11.1 Å². The Hall–Kier alpha value is -2.59. The maximum atomic E-state index is 11.7. The molecule has 0 heterocycles.